The number of rotatable bonds is 41. The minimum Gasteiger partial charge on any atom is -0.394 e. The number of allylic oxidation sites excluding steroid dienone is 16. The monoisotopic (exact) mass is 1020 g/mol. The van der Waals surface area contributed by atoms with Gasteiger partial charge in [-0.1, -0.05) is 182 Å². The van der Waals surface area contributed by atoms with Gasteiger partial charge in [0.1, 0.15) is 48.8 Å². The van der Waals surface area contributed by atoms with Crippen LogP contribution in [0.15, 0.2) is 97.2 Å². The Morgan fingerprint density at radius 3 is 1.47 bits per heavy atom. The summed E-state index contributed by atoms with van der Waals surface area (Å²) in [5, 5.41) is 86.7. The number of hydrogen-bond donors (Lipinski definition) is 9. The molecule has 0 aromatic rings. The Morgan fingerprint density at radius 1 is 0.514 bits per heavy atom. The molecule has 12 atom stereocenters. The van der Waals surface area contributed by atoms with Crippen molar-refractivity contribution in [1.29, 1.82) is 0 Å². The first-order valence-corrected chi connectivity index (χ1v) is 27.5. The molecule has 9 N–H and O–H groups in total. The molecule has 12 unspecified atom stereocenters. The van der Waals surface area contributed by atoms with Crippen molar-refractivity contribution < 1.29 is 64.6 Å². The van der Waals surface area contributed by atoms with Crippen LogP contribution in [0.5, 0.6) is 0 Å². The van der Waals surface area contributed by atoms with Gasteiger partial charge in [0.25, 0.3) is 0 Å². The molecule has 14 nitrogen and oxygen atoms in total. The fraction of sp³-hybridized carbons (Fsp3) is 0.707. The number of nitrogens with one attached hydrogen (secondary N) is 1. The second-order valence-corrected chi connectivity index (χ2v) is 19.0. The van der Waals surface area contributed by atoms with Crippen LogP contribution in [0.2, 0.25) is 0 Å². The first kappa shape index (κ1) is 65.0. The maximum atomic E-state index is 13.2. The van der Waals surface area contributed by atoms with Gasteiger partial charge in [-0.25, -0.2) is 0 Å². The zero-order chi connectivity index (χ0) is 52.4. The van der Waals surface area contributed by atoms with Crippen molar-refractivity contribution in [2.24, 2.45) is 0 Å². The van der Waals surface area contributed by atoms with Crippen LogP contribution in [0.1, 0.15) is 168 Å². The molecule has 1 amide bonds. The molecule has 0 aromatic carbocycles. The van der Waals surface area contributed by atoms with Crippen LogP contribution in [0.4, 0.5) is 0 Å². The molecule has 0 radical (unpaired) electrons. The normalized spacial score (nSPS) is 26.4. The Bertz CT molecular complexity index is 1570. The average Bonchev–Trinajstić information content (AvgIpc) is 3.38. The highest BCUT2D eigenvalue weighted by atomic mass is 16.7. The highest BCUT2D eigenvalue weighted by Crippen LogP contribution is 2.30. The van der Waals surface area contributed by atoms with Gasteiger partial charge in [-0.05, 0) is 77.0 Å². The first-order valence-electron chi connectivity index (χ1n) is 27.5. The van der Waals surface area contributed by atoms with Crippen molar-refractivity contribution in [3.05, 3.63) is 97.2 Å². The lowest BCUT2D eigenvalue weighted by molar-refractivity contribution is -0.359. The predicted molar refractivity (Wildman–Crippen MR) is 286 cm³/mol. The van der Waals surface area contributed by atoms with Gasteiger partial charge in [0.15, 0.2) is 12.6 Å². The number of carbonyl (C=O) groups is 1. The van der Waals surface area contributed by atoms with Gasteiger partial charge in [-0.15, -0.1) is 0 Å². The van der Waals surface area contributed by atoms with E-state index in [9.17, 15) is 45.6 Å². The fourth-order valence-electron chi connectivity index (χ4n) is 8.37. The van der Waals surface area contributed by atoms with Gasteiger partial charge in [0.2, 0.25) is 5.91 Å². The second-order valence-electron chi connectivity index (χ2n) is 19.0. The minimum absolute atomic E-state index is 0.231. The maximum absolute atomic E-state index is 13.2. The molecule has 412 valence electrons. The molecule has 0 spiro atoms. The van der Waals surface area contributed by atoms with Crippen LogP contribution >= 0.6 is 0 Å². The van der Waals surface area contributed by atoms with E-state index in [0.29, 0.717) is 12.8 Å². The third kappa shape index (κ3) is 29.1. The van der Waals surface area contributed by atoms with E-state index in [2.05, 4.69) is 116 Å². The Labute approximate surface area is 433 Å². The Kier molecular flexibility index (Phi) is 39.0. The summed E-state index contributed by atoms with van der Waals surface area (Å²) in [6.45, 7) is 2.64. The molecule has 2 aliphatic rings. The third-order valence-corrected chi connectivity index (χ3v) is 12.8. The molecular formula is C58H97NO13. The molecule has 14 heteroatoms. The summed E-state index contributed by atoms with van der Waals surface area (Å²) in [5.41, 5.74) is 0. The molecule has 2 saturated heterocycles. The van der Waals surface area contributed by atoms with Gasteiger partial charge in [0.05, 0.1) is 32.0 Å². The summed E-state index contributed by atoms with van der Waals surface area (Å²) < 4.78 is 22.7. The van der Waals surface area contributed by atoms with E-state index >= 15 is 0 Å². The summed E-state index contributed by atoms with van der Waals surface area (Å²) in [6, 6.07) is -0.840. The number of amides is 1. The molecule has 0 saturated carbocycles. The summed E-state index contributed by atoms with van der Waals surface area (Å²) in [6.07, 6.45) is 41.6. The molecule has 0 bridgehead atoms. The van der Waals surface area contributed by atoms with E-state index in [0.717, 1.165) is 122 Å². The summed E-state index contributed by atoms with van der Waals surface area (Å²) in [4.78, 5) is 13.2. The van der Waals surface area contributed by atoms with Crippen molar-refractivity contribution in [3.8, 4) is 0 Å². The molecule has 0 aromatic heterocycles. The van der Waals surface area contributed by atoms with E-state index in [1.165, 1.54) is 12.8 Å². The SMILES string of the molecule is CC/C=C\C/C=C\C/C=C\C/C=C\C/C=C\C/C=C\C/C=C\C/C=C\CCCCCCCCC(=O)NC(COC1OC(CO)C(OC2OC(CO)C(O)C(O)C2O)C(O)C1O)C(O)CCCCCCCCC. The number of aliphatic hydroxyl groups excluding tert-OH is 8. The smallest absolute Gasteiger partial charge is 0.220 e. The van der Waals surface area contributed by atoms with Crippen LogP contribution in [0, 0.1) is 0 Å². The van der Waals surface area contributed by atoms with Crippen LogP contribution in [0.25, 0.3) is 0 Å². The molecule has 2 fully saturated rings. The second kappa shape index (κ2) is 43.2. The van der Waals surface area contributed by atoms with E-state index in [4.69, 9.17) is 18.9 Å². The highest BCUT2D eigenvalue weighted by Gasteiger charge is 2.51. The van der Waals surface area contributed by atoms with Crippen LogP contribution in [0.3, 0.4) is 0 Å². The lowest BCUT2D eigenvalue weighted by atomic mass is 9.97. The van der Waals surface area contributed by atoms with E-state index < -0.39 is 86.8 Å². The largest absolute Gasteiger partial charge is 0.394 e. The highest BCUT2D eigenvalue weighted by molar-refractivity contribution is 5.76. The van der Waals surface area contributed by atoms with E-state index in [1.807, 2.05) is 0 Å². The summed E-state index contributed by atoms with van der Waals surface area (Å²) in [7, 11) is 0. The Morgan fingerprint density at radius 2 is 0.958 bits per heavy atom. The van der Waals surface area contributed by atoms with Gasteiger partial charge < -0.3 is 65.1 Å². The first-order chi connectivity index (χ1) is 35.1. The van der Waals surface area contributed by atoms with Crippen molar-refractivity contribution in [2.75, 3.05) is 19.8 Å². The predicted octanol–water partition coefficient (Wildman–Crippen LogP) is 8.32. The molecule has 0 aliphatic carbocycles. The lowest BCUT2D eigenvalue weighted by Crippen LogP contribution is -2.65. The standard InChI is InChI=1S/C58H97NO13/c1-3-5-7-9-11-12-13-14-15-16-17-18-19-20-21-22-23-24-25-26-27-28-29-30-31-32-33-34-36-38-40-42-50(63)59-46(47(62)41-39-37-35-10-8-6-4-2)45-69-57-55(68)53(66)56(49(44-61)71-57)72-58-54(67)52(65)51(64)48(43-60)70-58/h5,7,11-12,14-15,17-18,20-21,23-24,26-27,29-30,46-49,51-58,60-62,64-68H,3-4,6,8-10,13,16,19,22,25,28,31-45H2,1-2H3,(H,59,63)/b7-5-,12-11-,15-14-,18-17-,21-20-,24-23-,27-26-,30-29-. The maximum Gasteiger partial charge on any atom is 0.220 e. The van der Waals surface area contributed by atoms with Crippen LogP contribution < -0.4 is 5.32 Å². The van der Waals surface area contributed by atoms with Crippen molar-refractivity contribution in [3.63, 3.8) is 0 Å². The zero-order valence-corrected chi connectivity index (χ0v) is 43.9. The zero-order valence-electron chi connectivity index (χ0n) is 43.9. The molecule has 2 rings (SSSR count). The quantitative estimate of drug-likeness (QED) is 0.0208. The van der Waals surface area contributed by atoms with E-state index in [-0.39, 0.29) is 18.9 Å². The minimum atomic E-state index is -1.79. The number of ether oxygens (including phenoxy) is 4. The average molecular weight is 1020 g/mol. The number of unbranched alkanes of at least 4 members (excludes halogenated alkanes) is 12. The van der Waals surface area contributed by atoms with Gasteiger partial charge in [0, 0.05) is 6.42 Å². The number of aliphatic hydroxyl groups is 8. The van der Waals surface area contributed by atoms with Gasteiger partial charge >= 0.3 is 0 Å². The fourth-order valence-corrected chi connectivity index (χ4v) is 8.37. The van der Waals surface area contributed by atoms with Crippen LogP contribution in [-0.4, -0.2) is 140 Å². The molecule has 2 heterocycles. The number of hydrogen-bond acceptors (Lipinski definition) is 13. The Hall–Kier alpha value is -3.09. The molecule has 2 aliphatic heterocycles. The number of carbonyl (C=O) groups excluding carboxylic acids is 1. The van der Waals surface area contributed by atoms with Crippen molar-refractivity contribution >= 4 is 5.91 Å². The van der Waals surface area contributed by atoms with Crippen LogP contribution in [-0.2, 0) is 23.7 Å². The summed E-state index contributed by atoms with van der Waals surface area (Å²) in [5.74, 6) is -0.231. The van der Waals surface area contributed by atoms with Gasteiger partial charge in [-0.3, -0.25) is 4.79 Å². The third-order valence-electron chi connectivity index (χ3n) is 12.8. The van der Waals surface area contributed by atoms with Gasteiger partial charge in [-0.2, -0.15) is 0 Å². The topological polar surface area (TPSA) is 228 Å². The van der Waals surface area contributed by atoms with E-state index in [1.54, 1.807) is 0 Å². The summed E-state index contributed by atoms with van der Waals surface area (Å²) >= 11 is 0. The lowest BCUT2D eigenvalue weighted by Gasteiger charge is -2.46. The van der Waals surface area contributed by atoms with Crippen molar-refractivity contribution in [2.45, 2.75) is 242 Å². The Balaban J connectivity index is 1.66. The van der Waals surface area contributed by atoms with Crippen molar-refractivity contribution in [1.82, 2.24) is 5.32 Å². The molecule has 72 heavy (non-hydrogen) atoms. The molecular weight excluding hydrogens is 919 g/mol.